The highest BCUT2D eigenvalue weighted by molar-refractivity contribution is 6.10. The number of hydrogen-bond donors (Lipinski definition) is 1. The molecule has 0 saturated heterocycles. The molecule has 0 amide bonds. The maximum atomic E-state index is 11.8. The van der Waals surface area contributed by atoms with Crippen LogP contribution >= 0.6 is 0 Å². The predicted octanol–water partition coefficient (Wildman–Crippen LogP) is 3.66. The van der Waals surface area contributed by atoms with Gasteiger partial charge in [-0.05, 0) is 35.4 Å². The van der Waals surface area contributed by atoms with Gasteiger partial charge in [-0.1, -0.05) is 48.6 Å². The number of phenols is 1. The molecule has 0 spiro atoms. The highest BCUT2D eigenvalue weighted by atomic mass is 16.5. The molecule has 1 N–H and O–H groups in total. The van der Waals surface area contributed by atoms with Crippen LogP contribution in [-0.4, -0.2) is 23.8 Å². The molecule has 0 aliphatic carbocycles. The third-order valence-electron chi connectivity index (χ3n) is 3.28. The van der Waals surface area contributed by atoms with Crippen LogP contribution in [0.4, 0.5) is 0 Å². The van der Waals surface area contributed by atoms with Gasteiger partial charge < -0.3 is 9.84 Å². The summed E-state index contributed by atoms with van der Waals surface area (Å²) in [5, 5.41) is 9.52. The van der Waals surface area contributed by atoms with Crippen molar-refractivity contribution in [3.05, 3.63) is 71.8 Å². The van der Waals surface area contributed by atoms with Gasteiger partial charge in [-0.2, -0.15) is 0 Å². The standard InChI is InChI=1S/C20H18O4/c1-24-20-13-16(9-12-19(20)23)8-11-18(22)14-17(21)10-7-15-5-3-2-4-6-15/h2-13,23H,14H2,1H3/b10-7?,11-8+. The Kier molecular flexibility index (Phi) is 6.08. The number of methoxy groups -OCH3 is 1. The quantitative estimate of drug-likeness (QED) is 0.624. The molecule has 0 saturated carbocycles. The third-order valence-corrected chi connectivity index (χ3v) is 3.28. The van der Waals surface area contributed by atoms with Crippen LogP contribution in [-0.2, 0) is 9.59 Å². The SMILES string of the molecule is COc1cc(/C=C/C(=O)CC(=O)C=Cc2ccccc2)ccc1O. The lowest BCUT2D eigenvalue weighted by molar-refractivity contribution is -0.121. The van der Waals surface area contributed by atoms with Gasteiger partial charge in [0.25, 0.3) is 0 Å². The second-order valence-electron chi connectivity index (χ2n) is 5.12. The molecule has 2 aromatic rings. The van der Waals surface area contributed by atoms with E-state index >= 15 is 0 Å². The van der Waals surface area contributed by atoms with E-state index in [9.17, 15) is 14.7 Å². The summed E-state index contributed by atoms with van der Waals surface area (Å²) >= 11 is 0. The number of aromatic hydroxyl groups is 1. The molecule has 0 heterocycles. The first-order chi connectivity index (χ1) is 11.6. The van der Waals surface area contributed by atoms with Crippen molar-refractivity contribution in [3.8, 4) is 11.5 Å². The monoisotopic (exact) mass is 322 g/mol. The van der Waals surface area contributed by atoms with Gasteiger partial charge in [0, 0.05) is 0 Å². The highest BCUT2D eigenvalue weighted by Crippen LogP contribution is 2.26. The summed E-state index contributed by atoms with van der Waals surface area (Å²) in [5.41, 5.74) is 1.61. The molecule has 4 heteroatoms. The summed E-state index contributed by atoms with van der Waals surface area (Å²) in [6.07, 6.45) is 5.84. The number of carbonyl (C=O) groups is 2. The smallest absolute Gasteiger partial charge is 0.163 e. The van der Waals surface area contributed by atoms with Gasteiger partial charge in [-0.15, -0.1) is 0 Å². The third kappa shape index (κ3) is 5.25. The summed E-state index contributed by atoms with van der Waals surface area (Å²) in [7, 11) is 1.45. The normalized spacial score (nSPS) is 11.0. The zero-order valence-corrected chi connectivity index (χ0v) is 13.3. The molecule has 0 bridgehead atoms. The molecule has 0 aromatic heterocycles. The van der Waals surface area contributed by atoms with Crippen LogP contribution in [0.15, 0.2) is 60.7 Å². The van der Waals surface area contributed by atoms with Crippen LogP contribution in [0.2, 0.25) is 0 Å². The first-order valence-electron chi connectivity index (χ1n) is 7.42. The molecular formula is C20H18O4. The molecule has 2 rings (SSSR count). The van der Waals surface area contributed by atoms with Crippen LogP contribution in [0.5, 0.6) is 11.5 Å². The number of carbonyl (C=O) groups excluding carboxylic acids is 2. The molecule has 0 aliphatic heterocycles. The minimum Gasteiger partial charge on any atom is -0.504 e. The van der Waals surface area contributed by atoms with Crippen molar-refractivity contribution in [2.24, 2.45) is 0 Å². The summed E-state index contributed by atoms with van der Waals surface area (Å²) in [6.45, 7) is 0. The Labute approximate surface area is 140 Å². The Hall–Kier alpha value is -3.14. The van der Waals surface area contributed by atoms with E-state index in [1.165, 1.54) is 25.3 Å². The fourth-order valence-electron chi connectivity index (χ4n) is 2.03. The number of benzene rings is 2. The molecule has 0 atom stereocenters. The van der Waals surface area contributed by atoms with E-state index in [4.69, 9.17) is 4.74 Å². The second-order valence-corrected chi connectivity index (χ2v) is 5.12. The van der Waals surface area contributed by atoms with Crippen LogP contribution in [0.1, 0.15) is 17.5 Å². The number of allylic oxidation sites excluding steroid dienone is 2. The molecule has 4 nitrogen and oxygen atoms in total. The lowest BCUT2D eigenvalue weighted by Crippen LogP contribution is -2.01. The molecule has 0 fully saturated rings. The Morgan fingerprint density at radius 3 is 2.21 bits per heavy atom. The van der Waals surface area contributed by atoms with Crippen molar-refractivity contribution in [3.63, 3.8) is 0 Å². The molecular weight excluding hydrogens is 304 g/mol. The van der Waals surface area contributed by atoms with Crippen molar-refractivity contribution >= 4 is 23.7 Å². The van der Waals surface area contributed by atoms with Crippen molar-refractivity contribution in [1.82, 2.24) is 0 Å². The summed E-state index contributed by atoms with van der Waals surface area (Å²) in [5.74, 6) is -0.185. The molecule has 24 heavy (non-hydrogen) atoms. The Morgan fingerprint density at radius 2 is 1.58 bits per heavy atom. The molecule has 0 aliphatic rings. The Balaban J connectivity index is 1.92. The lowest BCUT2D eigenvalue weighted by atomic mass is 10.1. The zero-order chi connectivity index (χ0) is 17.4. The number of phenolic OH excluding ortho intramolecular Hbond substituents is 1. The largest absolute Gasteiger partial charge is 0.504 e. The van der Waals surface area contributed by atoms with Crippen LogP contribution < -0.4 is 4.74 Å². The van der Waals surface area contributed by atoms with Crippen LogP contribution in [0.25, 0.3) is 12.2 Å². The van der Waals surface area contributed by atoms with E-state index < -0.39 is 0 Å². The van der Waals surface area contributed by atoms with Crippen molar-refractivity contribution < 1.29 is 19.4 Å². The summed E-state index contributed by atoms with van der Waals surface area (Å²) in [4.78, 5) is 23.6. The van der Waals surface area contributed by atoms with Gasteiger partial charge >= 0.3 is 0 Å². The average molecular weight is 322 g/mol. The maximum Gasteiger partial charge on any atom is 0.163 e. The van der Waals surface area contributed by atoms with Gasteiger partial charge in [0.05, 0.1) is 13.5 Å². The highest BCUT2D eigenvalue weighted by Gasteiger charge is 2.04. The Morgan fingerprint density at radius 1 is 0.958 bits per heavy atom. The zero-order valence-electron chi connectivity index (χ0n) is 13.3. The summed E-state index contributed by atoms with van der Waals surface area (Å²) in [6, 6.07) is 14.2. The van der Waals surface area contributed by atoms with Gasteiger partial charge in [0.15, 0.2) is 23.1 Å². The van der Waals surface area contributed by atoms with Gasteiger partial charge in [-0.3, -0.25) is 9.59 Å². The van der Waals surface area contributed by atoms with Gasteiger partial charge in [-0.25, -0.2) is 0 Å². The van der Waals surface area contributed by atoms with Crippen molar-refractivity contribution in [2.75, 3.05) is 7.11 Å². The van der Waals surface area contributed by atoms with Gasteiger partial charge in [0.1, 0.15) is 0 Å². The molecule has 122 valence electrons. The average Bonchev–Trinajstić information content (AvgIpc) is 2.60. The maximum absolute atomic E-state index is 11.8. The fourth-order valence-corrected chi connectivity index (χ4v) is 2.03. The lowest BCUT2D eigenvalue weighted by Gasteiger charge is -2.03. The van der Waals surface area contributed by atoms with E-state index in [-0.39, 0.29) is 23.7 Å². The fraction of sp³-hybridized carbons (Fsp3) is 0.100. The Bertz CT molecular complexity index is 773. The number of ketones is 2. The molecule has 0 unspecified atom stereocenters. The summed E-state index contributed by atoms with van der Waals surface area (Å²) < 4.78 is 5.00. The van der Waals surface area contributed by atoms with Crippen molar-refractivity contribution in [2.45, 2.75) is 6.42 Å². The number of rotatable bonds is 7. The van der Waals surface area contributed by atoms with E-state index in [0.717, 1.165) is 5.56 Å². The second kappa shape index (κ2) is 8.48. The van der Waals surface area contributed by atoms with Crippen molar-refractivity contribution in [1.29, 1.82) is 0 Å². The topological polar surface area (TPSA) is 63.6 Å². The predicted molar refractivity (Wildman–Crippen MR) is 93.8 cm³/mol. The van der Waals surface area contributed by atoms with E-state index in [2.05, 4.69) is 0 Å². The van der Waals surface area contributed by atoms with Gasteiger partial charge in [0.2, 0.25) is 0 Å². The minimum absolute atomic E-state index is 0.0298. The first-order valence-corrected chi connectivity index (χ1v) is 7.42. The number of ether oxygens (including phenoxy) is 1. The van der Waals surface area contributed by atoms with Crippen LogP contribution in [0, 0.1) is 0 Å². The molecule has 0 radical (unpaired) electrons. The number of hydrogen-bond acceptors (Lipinski definition) is 4. The van der Waals surface area contributed by atoms with E-state index in [1.807, 2.05) is 30.3 Å². The van der Waals surface area contributed by atoms with Crippen LogP contribution in [0.3, 0.4) is 0 Å². The first kappa shape index (κ1) is 17.2. The van der Waals surface area contributed by atoms with E-state index in [1.54, 1.807) is 24.3 Å². The molecule has 2 aromatic carbocycles. The minimum atomic E-state index is -0.287. The van der Waals surface area contributed by atoms with E-state index in [0.29, 0.717) is 11.3 Å².